The summed E-state index contributed by atoms with van der Waals surface area (Å²) in [7, 11) is 0. The monoisotopic (exact) mass is 162 g/mol. The lowest BCUT2D eigenvalue weighted by atomic mass is 10.1. The summed E-state index contributed by atoms with van der Waals surface area (Å²) in [5.41, 5.74) is 12.9. The van der Waals surface area contributed by atoms with Gasteiger partial charge in [0.25, 0.3) is 0 Å². The van der Waals surface area contributed by atoms with Gasteiger partial charge < -0.3 is 10.5 Å². The average Bonchev–Trinajstić information content (AvgIpc) is 2.05. The SMILES string of the molecule is Nc1ccc2c(c1)C=CC(N)O2. The molecule has 0 amide bonds. The lowest BCUT2D eigenvalue weighted by molar-refractivity contribution is 0.254. The normalized spacial score (nSPS) is 19.9. The van der Waals surface area contributed by atoms with Gasteiger partial charge in [-0.15, -0.1) is 0 Å². The number of nitrogen functional groups attached to an aromatic ring is 1. The molecule has 1 heterocycles. The summed E-state index contributed by atoms with van der Waals surface area (Å²) in [5.74, 6) is 0.791. The van der Waals surface area contributed by atoms with E-state index in [1.165, 1.54) is 0 Å². The van der Waals surface area contributed by atoms with E-state index in [9.17, 15) is 0 Å². The Balaban J connectivity index is 2.47. The van der Waals surface area contributed by atoms with Crippen molar-refractivity contribution < 1.29 is 4.74 Å². The molecule has 1 aromatic rings. The number of anilines is 1. The lowest BCUT2D eigenvalue weighted by Crippen LogP contribution is -2.26. The van der Waals surface area contributed by atoms with Crippen molar-refractivity contribution in [3.8, 4) is 5.75 Å². The molecule has 0 saturated carbocycles. The highest BCUT2D eigenvalue weighted by Gasteiger charge is 2.09. The van der Waals surface area contributed by atoms with E-state index in [-0.39, 0.29) is 6.23 Å². The Kier molecular flexibility index (Phi) is 1.52. The smallest absolute Gasteiger partial charge is 0.167 e. The molecule has 1 unspecified atom stereocenters. The van der Waals surface area contributed by atoms with Crippen LogP contribution < -0.4 is 16.2 Å². The first kappa shape index (κ1) is 7.18. The Morgan fingerprint density at radius 2 is 2.17 bits per heavy atom. The van der Waals surface area contributed by atoms with E-state index >= 15 is 0 Å². The van der Waals surface area contributed by atoms with E-state index < -0.39 is 0 Å². The van der Waals surface area contributed by atoms with Crippen LogP contribution in [-0.4, -0.2) is 6.23 Å². The molecular weight excluding hydrogens is 152 g/mol. The molecule has 3 nitrogen and oxygen atoms in total. The maximum absolute atomic E-state index is 5.60. The Labute approximate surface area is 70.6 Å². The van der Waals surface area contributed by atoms with Crippen LogP contribution in [0, 0.1) is 0 Å². The van der Waals surface area contributed by atoms with Gasteiger partial charge in [-0.05, 0) is 24.3 Å². The first-order chi connectivity index (χ1) is 5.75. The van der Waals surface area contributed by atoms with E-state index in [0.29, 0.717) is 0 Å². The Bertz CT molecular complexity index is 333. The molecule has 1 aromatic carbocycles. The lowest BCUT2D eigenvalue weighted by Gasteiger charge is -2.17. The average molecular weight is 162 g/mol. The number of hydrogen-bond donors (Lipinski definition) is 2. The molecule has 3 heteroatoms. The molecule has 0 radical (unpaired) electrons. The van der Waals surface area contributed by atoms with Gasteiger partial charge in [0.1, 0.15) is 5.75 Å². The van der Waals surface area contributed by atoms with Gasteiger partial charge in [-0.1, -0.05) is 6.08 Å². The topological polar surface area (TPSA) is 61.3 Å². The fourth-order valence-corrected chi connectivity index (χ4v) is 1.19. The molecule has 1 aliphatic heterocycles. The van der Waals surface area contributed by atoms with Gasteiger partial charge in [-0.3, -0.25) is 5.73 Å². The highest BCUT2D eigenvalue weighted by molar-refractivity contribution is 5.64. The first-order valence-electron chi connectivity index (χ1n) is 3.76. The van der Waals surface area contributed by atoms with E-state index in [2.05, 4.69) is 0 Å². The molecule has 62 valence electrons. The number of ether oxygens (including phenoxy) is 1. The van der Waals surface area contributed by atoms with E-state index in [0.717, 1.165) is 17.0 Å². The molecule has 12 heavy (non-hydrogen) atoms. The van der Waals surface area contributed by atoms with Crippen LogP contribution in [-0.2, 0) is 0 Å². The van der Waals surface area contributed by atoms with E-state index in [1.54, 1.807) is 12.1 Å². The second kappa shape index (κ2) is 2.53. The standard InChI is InChI=1S/C9H10N2O/c10-7-2-3-8-6(5-7)1-4-9(11)12-8/h1-5,9H,10-11H2. The minimum absolute atomic E-state index is 0.332. The summed E-state index contributed by atoms with van der Waals surface area (Å²) in [4.78, 5) is 0. The van der Waals surface area contributed by atoms with Crippen LogP contribution in [0.3, 0.4) is 0 Å². The van der Waals surface area contributed by atoms with Gasteiger partial charge in [0.05, 0.1) is 0 Å². The fraction of sp³-hybridized carbons (Fsp3) is 0.111. The molecule has 0 aliphatic carbocycles. The van der Waals surface area contributed by atoms with Gasteiger partial charge in [0, 0.05) is 11.3 Å². The van der Waals surface area contributed by atoms with Crippen molar-refractivity contribution >= 4 is 11.8 Å². The fourth-order valence-electron chi connectivity index (χ4n) is 1.19. The Hall–Kier alpha value is -1.48. The van der Waals surface area contributed by atoms with Crippen molar-refractivity contribution in [2.75, 3.05) is 5.73 Å². The van der Waals surface area contributed by atoms with Crippen molar-refractivity contribution in [1.82, 2.24) is 0 Å². The number of rotatable bonds is 0. The molecule has 2 rings (SSSR count). The summed E-state index contributed by atoms with van der Waals surface area (Å²) < 4.78 is 5.32. The number of benzene rings is 1. The van der Waals surface area contributed by atoms with Crippen LogP contribution in [0.5, 0.6) is 5.75 Å². The highest BCUT2D eigenvalue weighted by Crippen LogP contribution is 2.26. The number of hydrogen-bond acceptors (Lipinski definition) is 3. The summed E-state index contributed by atoms with van der Waals surface area (Å²) in [6, 6.07) is 5.48. The third-order valence-electron chi connectivity index (χ3n) is 1.76. The summed E-state index contributed by atoms with van der Waals surface area (Å²) in [5, 5.41) is 0. The first-order valence-corrected chi connectivity index (χ1v) is 3.76. The highest BCUT2D eigenvalue weighted by atomic mass is 16.5. The van der Waals surface area contributed by atoms with Crippen LogP contribution in [0.15, 0.2) is 24.3 Å². The summed E-state index contributed by atoms with van der Waals surface area (Å²) >= 11 is 0. The van der Waals surface area contributed by atoms with E-state index in [1.807, 2.05) is 18.2 Å². The largest absolute Gasteiger partial charge is 0.471 e. The Morgan fingerprint density at radius 1 is 1.33 bits per heavy atom. The summed E-state index contributed by atoms with van der Waals surface area (Å²) in [6.07, 6.45) is 3.38. The van der Waals surface area contributed by atoms with Crippen molar-refractivity contribution in [2.45, 2.75) is 6.23 Å². The maximum atomic E-state index is 5.60. The number of nitrogens with two attached hydrogens (primary N) is 2. The van der Waals surface area contributed by atoms with Gasteiger partial charge >= 0.3 is 0 Å². The van der Waals surface area contributed by atoms with Crippen LogP contribution >= 0.6 is 0 Å². The Morgan fingerprint density at radius 3 is 3.00 bits per heavy atom. The molecule has 1 atom stereocenters. The van der Waals surface area contributed by atoms with Crippen LogP contribution in [0.25, 0.3) is 6.08 Å². The third kappa shape index (κ3) is 1.14. The molecular formula is C9H10N2O. The van der Waals surface area contributed by atoms with E-state index in [4.69, 9.17) is 16.2 Å². The van der Waals surface area contributed by atoms with Crippen LogP contribution in [0.1, 0.15) is 5.56 Å². The number of fused-ring (bicyclic) bond motifs is 1. The van der Waals surface area contributed by atoms with Crippen molar-refractivity contribution in [3.63, 3.8) is 0 Å². The zero-order chi connectivity index (χ0) is 8.55. The molecule has 0 fully saturated rings. The van der Waals surface area contributed by atoms with Crippen LogP contribution in [0.2, 0.25) is 0 Å². The van der Waals surface area contributed by atoms with Crippen LogP contribution in [0.4, 0.5) is 5.69 Å². The molecule has 4 N–H and O–H groups in total. The predicted octanol–water partition coefficient (Wildman–Crippen LogP) is 0.959. The van der Waals surface area contributed by atoms with Crippen molar-refractivity contribution in [1.29, 1.82) is 0 Å². The van der Waals surface area contributed by atoms with Gasteiger partial charge in [0.15, 0.2) is 6.23 Å². The minimum atomic E-state index is -0.332. The molecule has 0 saturated heterocycles. The zero-order valence-electron chi connectivity index (χ0n) is 6.53. The van der Waals surface area contributed by atoms with Gasteiger partial charge in [-0.25, -0.2) is 0 Å². The van der Waals surface area contributed by atoms with Crippen molar-refractivity contribution in [2.24, 2.45) is 5.73 Å². The third-order valence-corrected chi connectivity index (χ3v) is 1.76. The summed E-state index contributed by atoms with van der Waals surface area (Å²) in [6.45, 7) is 0. The molecule has 0 bridgehead atoms. The van der Waals surface area contributed by atoms with Gasteiger partial charge in [0.2, 0.25) is 0 Å². The molecule has 0 spiro atoms. The zero-order valence-corrected chi connectivity index (χ0v) is 6.53. The van der Waals surface area contributed by atoms with Crippen molar-refractivity contribution in [3.05, 3.63) is 29.8 Å². The second-order valence-electron chi connectivity index (χ2n) is 2.74. The minimum Gasteiger partial charge on any atom is -0.471 e. The molecule has 0 aromatic heterocycles. The quantitative estimate of drug-likeness (QED) is 0.558. The second-order valence-corrected chi connectivity index (χ2v) is 2.74. The van der Waals surface area contributed by atoms with Gasteiger partial charge in [-0.2, -0.15) is 0 Å². The maximum Gasteiger partial charge on any atom is 0.167 e. The molecule has 1 aliphatic rings. The predicted molar refractivity (Wildman–Crippen MR) is 48.5 cm³/mol.